The molecule has 3 rings (SSSR count). The summed E-state index contributed by atoms with van der Waals surface area (Å²) in [5.41, 5.74) is 6.92. The first-order valence-corrected chi connectivity index (χ1v) is 7.09. The first-order chi connectivity index (χ1) is 9.13. The van der Waals surface area contributed by atoms with E-state index in [2.05, 4.69) is 68.6 Å². The standard InChI is InChI=1S/C18H21N/c1-12(2)14-7-8-17-16(10-14)11-18(19-17)15-6-4-5-13(3)9-15/h4-10,12,18-19H,11H2,1-3H3. The van der Waals surface area contributed by atoms with Crippen LogP contribution in [0.15, 0.2) is 42.5 Å². The predicted molar refractivity (Wildman–Crippen MR) is 81.8 cm³/mol. The Labute approximate surface area is 115 Å². The van der Waals surface area contributed by atoms with Gasteiger partial charge in [-0.3, -0.25) is 0 Å². The highest BCUT2D eigenvalue weighted by Crippen LogP contribution is 2.35. The van der Waals surface area contributed by atoms with E-state index in [0.717, 1.165) is 6.42 Å². The summed E-state index contributed by atoms with van der Waals surface area (Å²) in [6, 6.07) is 16.1. The van der Waals surface area contributed by atoms with Gasteiger partial charge in [-0.2, -0.15) is 0 Å². The third-order valence-electron chi connectivity index (χ3n) is 3.99. The van der Waals surface area contributed by atoms with Crippen LogP contribution < -0.4 is 5.32 Å². The fraction of sp³-hybridized carbons (Fsp3) is 0.333. The van der Waals surface area contributed by atoms with E-state index in [1.165, 1.54) is 27.9 Å². The summed E-state index contributed by atoms with van der Waals surface area (Å²) < 4.78 is 0. The molecular formula is C18H21N. The highest BCUT2D eigenvalue weighted by atomic mass is 14.9. The molecule has 0 radical (unpaired) electrons. The number of nitrogens with one attached hydrogen (secondary N) is 1. The van der Waals surface area contributed by atoms with Gasteiger partial charge in [0.1, 0.15) is 0 Å². The summed E-state index contributed by atoms with van der Waals surface area (Å²) in [7, 11) is 0. The SMILES string of the molecule is Cc1cccc(C2Cc3cc(C(C)C)ccc3N2)c1. The molecule has 19 heavy (non-hydrogen) atoms. The smallest absolute Gasteiger partial charge is 0.0555 e. The van der Waals surface area contributed by atoms with E-state index in [0.29, 0.717) is 12.0 Å². The van der Waals surface area contributed by atoms with Gasteiger partial charge in [-0.15, -0.1) is 0 Å². The molecule has 0 fully saturated rings. The van der Waals surface area contributed by atoms with Crippen molar-refractivity contribution in [3.63, 3.8) is 0 Å². The molecule has 1 heteroatoms. The van der Waals surface area contributed by atoms with Gasteiger partial charge in [0.2, 0.25) is 0 Å². The number of benzene rings is 2. The van der Waals surface area contributed by atoms with Gasteiger partial charge >= 0.3 is 0 Å². The third-order valence-corrected chi connectivity index (χ3v) is 3.99. The van der Waals surface area contributed by atoms with E-state index in [9.17, 15) is 0 Å². The second-order valence-electron chi connectivity index (χ2n) is 5.89. The molecule has 1 nitrogen and oxygen atoms in total. The molecule has 2 aromatic carbocycles. The second-order valence-corrected chi connectivity index (χ2v) is 5.89. The van der Waals surface area contributed by atoms with Crippen LogP contribution in [0.3, 0.4) is 0 Å². The normalized spacial score (nSPS) is 17.4. The van der Waals surface area contributed by atoms with Crippen molar-refractivity contribution in [2.45, 2.75) is 39.2 Å². The van der Waals surface area contributed by atoms with Crippen LogP contribution in [0.2, 0.25) is 0 Å². The zero-order valence-electron chi connectivity index (χ0n) is 11.9. The molecule has 1 atom stereocenters. The number of anilines is 1. The lowest BCUT2D eigenvalue weighted by atomic mass is 9.97. The van der Waals surface area contributed by atoms with Gasteiger partial charge in [0.05, 0.1) is 6.04 Å². The summed E-state index contributed by atoms with van der Waals surface area (Å²) in [4.78, 5) is 0. The van der Waals surface area contributed by atoms with Crippen molar-refractivity contribution >= 4 is 5.69 Å². The topological polar surface area (TPSA) is 12.0 Å². The van der Waals surface area contributed by atoms with Crippen molar-refractivity contribution in [2.24, 2.45) is 0 Å². The average Bonchev–Trinajstić information content (AvgIpc) is 2.81. The van der Waals surface area contributed by atoms with E-state index >= 15 is 0 Å². The molecule has 1 aliphatic rings. The zero-order valence-corrected chi connectivity index (χ0v) is 11.9. The Morgan fingerprint density at radius 3 is 2.68 bits per heavy atom. The van der Waals surface area contributed by atoms with Gasteiger partial charge in [-0.1, -0.05) is 55.8 Å². The molecule has 0 aromatic heterocycles. The average molecular weight is 251 g/mol. The summed E-state index contributed by atoms with van der Waals surface area (Å²) in [5, 5.41) is 3.64. The minimum atomic E-state index is 0.428. The lowest BCUT2D eigenvalue weighted by molar-refractivity contribution is 0.818. The van der Waals surface area contributed by atoms with Crippen LogP contribution in [0.5, 0.6) is 0 Å². The Morgan fingerprint density at radius 2 is 1.95 bits per heavy atom. The minimum absolute atomic E-state index is 0.428. The Balaban J connectivity index is 1.88. The molecule has 0 bridgehead atoms. The van der Waals surface area contributed by atoms with Gasteiger partial charge < -0.3 is 5.32 Å². The molecule has 0 saturated heterocycles. The van der Waals surface area contributed by atoms with Crippen molar-refractivity contribution in [1.29, 1.82) is 0 Å². The van der Waals surface area contributed by atoms with Gasteiger partial charge in [-0.25, -0.2) is 0 Å². The van der Waals surface area contributed by atoms with Crippen LogP contribution in [0.1, 0.15) is 48.1 Å². The number of hydrogen-bond donors (Lipinski definition) is 1. The van der Waals surface area contributed by atoms with E-state index in [-0.39, 0.29) is 0 Å². The van der Waals surface area contributed by atoms with Crippen molar-refractivity contribution in [2.75, 3.05) is 5.32 Å². The van der Waals surface area contributed by atoms with Gasteiger partial charge in [0.25, 0.3) is 0 Å². The Morgan fingerprint density at radius 1 is 1.11 bits per heavy atom. The first-order valence-electron chi connectivity index (χ1n) is 7.09. The number of hydrogen-bond acceptors (Lipinski definition) is 1. The van der Waals surface area contributed by atoms with E-state index in [4.69, 9.17) is 0 Å². The molecule has 0 amide bonds. The molecule has 1 unspecified atom stereocenters. The fourth-order valence-electron chi connectivity index (χ4n) is 2.83. The highest BCUT2D eigenvalue weighted by Gasteiger charge is 2.22. The summed E-state index contributed by atoms with van der Waals surface area (Å²) in [6.45, 7) is 6.66. The number of rotatable bonds is 2. The van der Waals surface area contributed by atoms with Crippen LogP contribution in [0.4, 0.5) is 5.69 Å². The quantitative estimate of drug-likeness (QED) is 0.806. The Bertz CT molecular complexity index is 598. The fourth-order valence-corrected chi connectivity index (χ4v) is 2.83. The number of fused-ring (bicyclic) bond motifs is 1. The molecule has 98 valence electrons. The minimum Gasteiger partial charge on any atom is -0.378 e. The van der Waals surface area contributed by atoms with Gasteiger partial charge in [0, 0.05) is 5.69 Å². The third kappa shape index (κ3) is 2.37. The van der Waals surface area contributed by atoms with Crippen LogP contribution in [-0.2, 0) is 6.42 Å². The van der Waals surface area contributed by atoms with Crippen LogP contribution in [0, 0.1) is 6.92 Å². The van der Waals surface area contributed by atoms with E-state index in [1.54, 1.807) is 0 Å². The van der Waals surface area contributed by atoms with Crippen LogP contribution in [0.25, 0.3) is 0 Å². The Hall–Kier alpha value is -1.76. The molecule has 1 N–H and O–H groups in total. The van der Waals surface area contributed by atoms with Crippen molar-refractivity contribution in [3.05, 3.63) is 64.7 Å². The monoisotopic (exact) mass is 251 g/mol. The molecule has 0 saturated carbocycles. The summed E-state index contributed by atoms with van der Waals surface area (Å²) >= 11 is 0. The van der Waals surface area contributed by atoms with Crippen LogP contribution in [-0.4, -0.2) is 0 Å². The maximum absolute atomic E-state index is 3.64. The summed E-state index contributed by atoms with van der Waals surface area (Å²) in [5.74, 6) is 0.600. The molecule has 1 heterocycles. The number of aryl methyl sites for hydroxylation is 1. The van der Waals surface area contributed by atoms with Crippen molar-refractivity contribution < 1.29 is 0 Å². The van der Waals surface area contributed by atoms with E-state index in [1.807, 2.05) is 0 Å². The molecule has 1 aliphatic heterocycles. The second kappa shape index (κ2) is 4.73. The molecule has 0 aliphatic carbocycles. The van der Waals surface area contributed by atoms with Crippen molar-refractivity contribution in [1.82, 2.24) is 0 Å². The highest BCUT2D eigenvalue weighted by molar-refractivity contribution is 5.59. The largest absolute Gasteiger partial charge is 0.378 e. The molecule has 0 spiro atoms. The molecule has 2 aromatic rings. The van der Waals surface area contributed by atoms with Gasteiger partial charge in [-0.05, 0) is 42.0 Å². The Kier molecular flexibility index (Phi) is 3.06. The summed E-state index contributed by atoms with van der Waals surface area (Å²) in [6.07, 6.45) is 1.10. The predicted octanol–water partition coefficient (Wildman–Crippen LogP) is 4.83. The van der Waals surface area contributed by atoms with Crippen molar-refractivity contribution in [3.8, 4) is 0 Å². The van der Waals surface area contributed by atoms with Crippen LogP contribution >= 0.6 is 0 Å². The zero-order chi connectivity index (χ0) is 13.4. The first kappa shape index (κ1) is 12.3. The maximum atomic E-state index is 3.64. The lowest BCUT2D eigenvalue weighted by Gasteiger charge is -2.12. The molecular weight excluding hydrogens is 230 g/mol. The lowest BCUT2D eigenvalue weighted by Crippen LogP contribution is -2.05. The van der Waals surface area contributed by atoms with E-state index < -0.39 is 0 Å². The van der Waals surface area contributed by atoms with Gasteiger partial charge in [0.15, 0.2) is 0 Å². The maximum Gasteiger partial charge on any atom is 0.0555 e.